The molecule has 0 aliphatic heterocycles. The maximum atomic E-state index is 12.9. The van der Waals surface area contributed by atoms with E-state index in [1.165, 1.54) is 10.8 Å². The van der Waals surface area contributed by atoms with E-state index in [0.717, 1.165) is 17.9 Å². The molecule has 0 saturated carbocycles. The maximum absolute atomic E-state index is 12.9. The Labute approximate surface area is 220 Å². The summed E-state index contributed by atoms with van der Waals surface area (Å²) in [6.45, 7) is 6.22. The number of methoxy groups -OCH3 is 1. The third-order valence-corrected chi connectivity index (χ3v) is 6.65. The SMILES string of the molecule is C#CCNC(=O)/C(C#N)=c1\s/c(=C/Nc2cccc(N(C)C(=O)CN(CC)CCOC)c2)c(=O)n1CC. The normalized spacial score (nSPS) is 12.0. The third-order valence-electron chi connectivity index (χ3n) is 5.52. The van der Waals surface area contributed by atoms with Gasteiger partial charge < -0.3 is 20.3 Å². The third kappa shape index (κ3) is 7.79. The minimum Gasteiger partial charge on any atom is -0.383 e. The fourth-order valence-corrected chi connectivity index (χ4v) is 4.46. The van der Waals surface area contributed by atoms with Crippen LogP contribution in [0.4, 0.5) is 11.4 Å². The van der Waals surface area contributed by atoms with Crippen molar-refractivity contribution in [1.82, 2.24) is 14.8 Å². The lowest BCUT2D eigenvalue weighted by Gasteiger charge is -2.24. The lowest BCUT2D eigenvalue weighted by molar-refractivity contribution is -0.119. The summed E-state index contributed by atoms with van der Waals surface area (Å²) in [4.78, 5) is 41.7. The molecule has 1 aromatic carbocycles. The number of hydrogen-bond donors (Lipinski definition) is 2. The topological polar surface area (TPSA) is 120 Å². The van der Waals surface area contributed by atoms with Crippen LogP contribution in [0.5, 0.6) is 0 Å². The van der Waals surface area contributed by atoms with Crippen molar-refractivity contribution in [3.05, 3.63) is 43.8 Å². The number of carbonyl (C=O) groups is 2. The van der Waals surface area contributed by atoms with Crippen molar-refractivity contribution >= 4 is 46.3 Å². The van der Waals surface area contributed by atoms with Gasteiger partial charge in [0.2, 0.25) is 5.91 Å². The van der Waals surface area contributed by atoms with E-state index in [4.69, 9.17) is 11.2 Å². The molecule has 0 aliphatic carbocycles. The lowest BCUT2D eigenvalue weighted by atomic mass is 10.2. The molecule has 10 nitrogen and oxygen atoms in total. The summed E-state index contributed by atoms with van der Waals surface area (Å²) < 4.78 is 7.05. The number of nitrogens with one attached hydrogen (secondary N) is 2. The Hall–Kier alpha value is -3.90. The standard InChI is InChI=1S/C26H32N6O4S/c1-6-12-28-24(34)21(16-27)26-32(8-3)25(35)22(37-26)17-29-19-10-9-11-20(15-19)30(4)23(33)18-31(7-2)13-14-36-5/h1,9-11,15,17,29H,7-8,12-14,18H2,2-5H3,(H,28,34)/b22-17+,26-21-. The van der Waals surface area contributed by atoms with Gasteiger partial charge in [0.05, 0.1) is 19.7 Å². The van der Waals surface area contributed by atoms with Crippen LogP contribution in [0.25, 0.3) is 11.8 Å². The highest BCUT2D eigenvalue weighted by Crippen LogP contribution is 2.19. The van der Waals surface area contributed by atoms with Crippen LogP contribution >= 0.6 is 11.3 Å². The van der Waals surface area contributed by atoms with Crippen molar-refractivity contribution in [3.8, 4) is 18.4 Å². The van der Waals surface area contributed by atoms with E-state index in [1.54, 1.807) is 38.1 Å². The second kappa shape index (κ2) is 14.6. The van der Waals surface area contributed by atoms with Crippen molar-refractivity contribution in [3.63, 3.8) is 0 Å². The molecule has 0 spiro atoms. The zero-order valence-corrected chi connectivity index (χ0v) is 22.4. The molecule has 37 heavy (non-hydrogen) atoms. The molecule has 2 aromatic rings. The Morgan fingerprint density at radius 2 is 2.08 bits per heavy atom. The molecule has 0 bridgehead atoms. The average molecular weight is 525 g/mol. The number of thiazole rings is 1. The second-order valence-electron chi connectivity index (χ2n) is 7.85. The van der Waals surface area contributed by atoms with E-state index in [9.17, 15) is 19.6 Å². The molecule has 2 rings (SSSR count). The number of hydrogen-bond acceptors (Lipinski definition) is 8. The number of carbonyl (C=O) groups excluding carboxylic acids is 2. The number of ether oxygens (including phenoxy) is 1. The van der Waals surface area contributed by atoms with Gasteiger partial charge in [0.25, 0.3) is 11.5 Å². The fourth-order valence-electron chi connectivity index (χ4n) is 3.37. The Balaban J connectivity index is 2.32. The number of aromatic nitrogens is 1. The van der Waals surface area contributed by atoms with Crippen molar-refractivity contribution in [2.45, 2.75) is 20.4 Å². The minimum absolute atomic E-state index is 0.0246. The summed E-state index contributed by atoms with van der Waals surface area (Å²) in [6, 6.07) is 9.12. The number of benzene rings is 1. The smallest absolute Gasteiger partial charge is 0.270 e. The van der Waals surface area contributed by atoms with Crippen LogP contribution in [0, 0.1) is 23.7 Å². The Morgan fingerprint density at radius 3 is 2.70 bits per heavy atom. The predicted octanol–water partition coefficient (Wildman–Crippen LogP) is 0.135. The Morgan fingerprint density at radius 1 is 1.32 bits per heavy atom. The summed E-state index contributed by atoms with van der Waals surface area (Å²) in [5, 5.41) is 15.1. The Bertz CT molecular complexity index is 1370. The van der Waals surface area contributed by atoms with Gasteiger partial charge in [-0.2, -0.15) is 5.26 Å². The molecule has 11 heteroatoms. The number of terminal acetylenes is 1. The number of anilines is 2. The molecule has 0 saturated heterocycles. The highest BCUT2D eigenvalue weighted by Gasteiger charge is 2.16. The molecule has 2 N–H and O–H groups in total. The zero-order valence-electron chi connectivity index (χ0n) is 21.5. The molecule has 0 fully saturated rings. The van der Waals surface area contributed by atoms with Gasteiger partial charge in [0, 0.05) is 44.8 Å². The van der Waals surface area contributed by atoms with Crippen molar-refractivity contribution in [2.24, 2.45) is 0 Å². The highest BCUT2D eigenvalue weighted by atomic mass is 32.1. The molecule has 196 valence electrons. The van der Waals surface area contributed by atoms with E-state index >= 15 is 0 Å². The van der Waals surface area contributed by atoms with Gasteiger partial charge in [-0.15, -0.1) is 17.8 Å². The van der Waals surface area contributed by atoms with E-state index in [2.05, 4.69) is 16.6 Å². The molecule has 0 radical (unpaired) electrons. The van der Waals surface area contributed by atoms with Crippen molar-refractivity contribution in [2.75, 3.05) is 57.2 Å². The number of rotatable bonds is 12. The van der Waals surface area contributed by atoms with Crippen LogP contribution in [-0.4, -0.2) is 68.2 Å². The number of nitriles is 1. The fraction of sp³-hybridized carbons (Fsp3) is 0.385. The van der Waals surface area contributed by atoms with Crippen LogP contribution < -0.4 is 30.3 Å². The molecule has 0 aliphatic rings. The van der Waals surface area contributed by atoms with E-state index in [1.807, 2.05) is 30.0 Å². The van der Waals surface area contributed by atoms with Crippen LogP contribution in [0.2, 0.25) is 0 Å². The largest absolute Gasteiger partial charge is 0.383 e. The summed E-state index contributed by atoms with van der Waals surface area (Å²) in [6.07, 6.45) is 6.71. The Kier molecular flexibility index (Phi) is 11.6. The van der Waals surface area contributed by atoms with E-state index in [0.29, 0.717) is 29.1 Å². The number of likely N-dealkylation sites (N-methyl/N-ethyl adjacent to an activating group) is 2. The molecular weight excluding hydrogens is 492 g/mol. The molecule has 1 aromatic heterocycles. The van der Waals surface area contributed by atoms with Crippen LogP contribution in [0.3, 0.4) is 0 Å². The van der Waals surface area contributed by atoms with Gasteiger partial charge in [0.15, 0.2) is 5.57 Å². The first-order chi connectivity index (χ1) is 17.8. The van der Waals surface area contributed by atoms with E-state index in [-0.39, 0.29) is 41.3 Å². The molecule has 2 amide bonds. The average Bonchev–Trinajstić information content (AvgIpc) is 3.22. The molecule has 0 unspecified atom stereocenters. The maximum Gasteiger partial charge on any atom is 0.270 e. The predicted molar refractivity (Wildman–Crippen MR) is 146 cm³/mol. The first-order valence-corrected chi connectivity index (χ1v) is 12.5. The molecular formula is C26H32N6O4S. The van der Waals surface area contributed by atoms with Gasteiger partial charge in [-0.25, -0.2) is 0 Å². The monoisotopic (exact) mass is 524 g/mol. The summed E-state index contributed by atoms with van der Waals surface area (Å²) >= 11 is 1.04. The van der Waals surface area contributed by atoms with E-state index < -0.39 is 5.91 Å². The van der Waals surface area contributed by atoms with Gasteiger partial charge >= 0.3 is 0 Å². The van der Waals surface area contributed by atoms with Gasteiger partial charge in [-0.05, 0) is 31.7 Å². The number of nitrogens with zero attached hydrogens (tertiary/aromatic N) is 4. The van der Waals surface area contributed by atoms with Gasteiger partial charge in [0.1, 0.15) is 15.3 Å². The number of amides is 2. The van der Waals surface area contributed by atoms with Crippen molar-refractivity contribution < 1.29 is 14.3 Å². The summed E-state index contributed by atoms with van der Waals surface area (Å²) in [5.74, 6) is 1.59. The first kappa shape index (κ1) is 29.3. The molecule has 1 heterocycles. The zero-order chi connectivity index (χ0) is 27.4. The lowest BCUT2D eigenvalue weighted by Crippen LogP contribution is -2.39. The molecule has 0 atom stereocenters. The van der Waals surface area contributed by atoms with Crippen LogP contribution in [0.15, 0.2) is 29.1 Å². The van der Waals surface area contributed by atoms with Crippen LogP contribution in [0.1, 0.15) is 13.8 Å². The van der Waals surface area contributed by atoms with Crippen LogP contribution in [-0.2, 0) is 20.9 Å². The van der Waals surface area contributed by atoms with Gasteiger partial charge in [-0.3, -0.25) is 23.9 Å². The highest BCUT2D eigenvalue weighted by molar-refractivity contribution is 7.07. The van der Waals surface area contributed by atoms with Crippen molar-refractivity contribution in [1.29, 1.82) is 5.26 Å². The second-order valence-corrected chi connectivity index (χ2v) is 8.88. The quantitative estimate of drug-likeness (QED) is 0.379. The summed E-state index contributed by atoms with van der Waals surface area (Å²) in [7, 11) is 3.34. The van der Waals surface area contributed by atoms with Gasteiger partial charge in [-0.1, -0.05) is 18.9 Å². The minimum atomic E-state index is -0.632. The first-order valence-electron chi connectivity index (χ1n) is 11.7. The summed E-state index contributed by atoms with van der Waals surface area (Å²) in [5.41, 5.74) is 0.853.